The topological polar surface area (TPSA) is 66.9 Å². The summed E-state index contributed by atoms with van der Waals surface area (Å²) >= 11 is 0. The van der Waals surface area contributed by atoms with E-state index in [-0.39, 0.29) is 5.91 Å². The van der Waals surface area contributed by atoms with Crippen molar-refractivity contribution in [1.29, 1.82) is 0 Å². The fraction of sp³-hybridized carbons (Fsp3) is 0.190. The van der Waals surface area contributed by atoms with Crippen LogP contribution in [0.1, 0.15) is 27.2 Å². The van der Waals surface area contributed by atoms with Crippen molar-refractivity contribution in [2.45, 2.75) is 20.3 Å². The molecule has 5 nitrogen and oxygen atoms in total. The Balaban J connectivity index is 1.61. The van der Waals surface area contributed by atoms with Crippen molar-refractivity contribution in [2.75, 3.05) is 17.2 Å². The Labute approximate surface area is 153 Å². The molecule has 0 aliphatic heterocycles. The maximum absolute atomic E-state index is 12.5. The Hall–Kier alpha value is -3.21. The van der Waals surface area contributed by atoms with E-state index in [1.54, 1.807) is 12.3 Å². The minimum atomic E-state index is -0.247. The first-order valence-electron chi connectivity index (χ1n) is 8.60. The molecule has 0 aliphatic carbocycles. The van der Waals surface area contributed by atoms with Crippen LogP contribution in [0.2, 0.25) is 0 Å². The van der Waals surface area contributed by atoms with Gasteiger partial charge in [-0.1, -0.05) is 36.4 Å². The second kappa shape index (κ2) is 8.25. The number of hydrogen-bond donors (Lipinski definition) is 2. The molecule has 3 rings (SSSR count). The summed E-state index contributed by atoms with van der Waals surface area (Å²) in [4.78, 5) is 21.0. The van der Waals surface area contributed by atoms with E-state index in [4.69, 9.17) is 0 Å². The number of carbonyl (C=O) groups is 1. The number of aromatic nitrogens is 2. The van der Waals surface area contributed by atoms with E-state index in [2.05, 4.69) is 38.8 Å². The Bertz CT molecular complexity index is 873. The molecule has 0 saturated heterocycles. The number of benzene rings is 2. The highest BCUT2D eigenvalue weighted by Crippen LogP contribution is 2.15. The van der Waals surface area contributed by atoms with Gasteiger partial charge in [0.25, 0.3) is 5.91 Å². The van der Waals surface area contributed by atoms with Crippen molar-refractivity contribution in [3.8, 4) is 0 Å². The van der Waals surface area contributed by atoms with Crippen molar-refractivity contribution in [3.63, 3.8) is 0 Å². The van der Waals surface area contributed by atoms with Gasteiger partial charge >= 0.3 is 0 Å². The lowest BCUT2D eigenvalue weighted by atomic mass is 10.1. The Kier molecular flexibility index (Phi) is 5.59. The van der Waals surface area contributed by atoms with E-state index >= 15 is 0 Å². The standard InChI is InChI=1S/C21H22N4O/c1-15-12-16(2)14-18(13-15)24-20(26)19-9-11-23-21(25-19)22-10-8-17-6-4-3-5-7-17/h3-7,9,11-14H,8,10H2,1-2H3,(H,24,26)(H,22,23,25). The molecule has 1 amide bonds. The van der Waals surface area contributed by atoms with Gasteiger partial charge in [-0.05, 0) is 55.2 Å². The number of aryl methyl sites for hydroxylation is 2. The highest BCUT2D eigenvalue weighted by atomic mass is 16.1. The van der Waals surface area contributed by atoms with Crippen LogP contribution in [0.3, 0.4) is 0 Å². The molecule has 2 N–H and O–H groups in total. The van der Waals surface area contributed by atoms with E-state index in [9.17, 15) is 4.79 Å². The van der Waals surface area contributed by atoms with E-state index in [1.807, 2.05) is 44.2 Å². The quantitative estimate of drug-likeness (QED) is 0.708. The van der Waals surface area contributed by atoms with Gasteiger partial charge in [0, 0.05) is 18.4 Å². The second-order valence-electron chi connectivity index (χ2n) is 6.26. The van der Waals surface area contributed by atoms with E-state index in [0.29, 0.717) is 18.2 Å². The molecule has 5 heteroatoms. The van der Waals surface area contributed by atoms with Gasteiger partial charge in [0.15, 0.2) is 0 Å². The maximum Gasteiger partial charge on any atom is 0.274 e. The van der Waals surface area contributed by atoms with Crippen LogP contribution in [0.25, 0.3) is 0 Å². The normalized spacial score (nSPS) is 10.4. The van der Waals surface area contributed by atoms with Crippen molar-refractivity contribution >= 4 is 17.5 Å². The number of carbonyl (C=O) groups excluding carboxylic acids is 1. The number of nitrogens with one attached hydrogen (secondary N) is 2. The van der Waals surface area contributed by atoms with Crippen LogP contribution in [0, 0.1) is 13.8 Å². The lowest BCUT2D eigenvalue weighted by Crippen LogP contribution is -2.16. The van der Waals surface area contributed by atoms with E-state index in [0.717, 1.165) is 23.2 Å². The smallest absolute Gasteiger partial charge is 0.274 e. The lowest BCUT2D eigenvalue weighted by molar-refractivity contribution is 0.102. The zero-order valence-electron chi connectivity index (χ0n) is 15.0. The summed E-state index contributed by atoms with van der Waals surface area (Å²) in [6.45, 7) is 4.70. The molecular weight excluding hydrogens is 324 g/mol. The first-order chi connectivity index (χ1) is 12.6. The molecule has 3 aromatic rings. The molecule has 1 aromatic heterocycles. The fourth-order valence-electron chi connectivity index (χ4n) is 2.78. The van der Waals surface area contributed by atoms with Gasteiger partial charge in [-0.2, -0.15) is 0 Å². The van der Waals surface area contributed by atoms with Gasteiger partial charge in [-0.3, -0.25) is 4.79 Å². The molecule has 0 aliphatic rings. The summed E-state index contributed by atoms with van der Waals surface area (Å²) in [7, 11) is 0. The van der Waals surface area contributed by atoms with Crippen molar-refractivity contribution in [2.24, 2.45) is 0 Å². The molecule has 26 heavy (non-hydrogen) atoms. The molecular formula is C21H22N4O. The summed E-state index contributed by atoms with van der Waals surface area (Å²) in [5.74, 6) is 0.206. The fourth-order valence-corrected chi connectivity index (χ4v) is 2.78. The predicted molar refractivity (Wildman–Crippen MR) is 105 cm³/mol. The van der Waals surface area contributed by atoms with Crippen LogP contribution in [0.5, 0.6) is 0 Å². The summed E-state index contributed by atoms with van der Waals surface area (Å²) in [5.41, 5.74) is 4.55. The van der Waals surface area contributed by atoms with Crippen LogP contribution in [-0.2, 0) is 6.42 Å². The molecule has 1 heterocycles. The van der Waals surface area contributed by atoms with Gasteiger partial charge < -0.3 is 10.6 Å². The third-order valence-electron chi connectivity index (χ3n) is 3.91. The highest BCUT2D eigenvalue weighted by molar-refractivity contribution is 6.03. The minimum absolute atomic E-state index is 0.247. The predicted octanol–water partition coefficient (Wildman–Crippen LogP) is 4.00. The van der Waals surface area contributed by atoms with Gasteiger partial charge in [-0.15, -0.1) is 0 Å². The van der Waals surface area contributed by atoms with Gasteiger partial charge in [0.2, 0.25) is 5.95 Å². The van der Waals surface area contributed by atoms with Crippen LogP contribution >= 0.6 is 0 Å². The molecule has 132 valence electrons. The molecule has 0 spiro atoms. The molecule has 2 aromatic carbocycles. The average molecular weight is 346 g/mol. The number of hydrogen-bond acceptors (Lipinski definition) is 4. The van der Waals surface area contributed by atoms with Gasteiger partial charge in [0.05, 0.1) is 0 Å². The molecule has 0 radical (unpaired) electrons. The van der Waals surface area contributed by atoms with Crippen LogP contribution in [0.15, 0.2) is 60.8 Å². The minimum Gasteiger partial charge on any atom is -0.354 e. The molecule has 0 fully saturated rings. The van der Waals surface area contributed by atoms with Gasteiger partial charge in [0.1, 0.15) is 5.69 Å². The third kappa shape index (κ3) is 4.89. The zero-order chi connectivity index (χ0) is 18.4. The number of anilines is 2. The second-order valence-corrected chi connectivity index (χ2v) is 6.26. The van der Waals surface area contributed by atoms with E-state index in [1.165, 1.54) is 5.56 Å². The summed E-state index contributed by atoms with van der Waals surface area (Å²) < 4.78 is 0. The summed E-state index contributed by atoms with van der Waals surface area (Å²) in [6, 6.07) is 17.7. The van der Waals surface area contributed by atoms with Crippen molar-refractivity contribution in [3.05, 3.63) is 83.2 Å². The Morgan fingerprint density at radius 3 is 2.46 bits per heavy atom. The lowest BCUT2D eigenvalue weighted by Gasteiger charge is -2.09. The van der Waals surface area contributed by atoms with Crippen molar-refractivity contribution in [1.82, 2.24) is 9.97 Å². The summed E-state index contributed by atoms with van der Waals surface area (Å²) in [6.07, 6.45) is 2.46. The maximum atomic E-state index is 12.5. The number of amides is 1. The zero-order valence-corrected chi connectivity index (χ0v) is 15.0. The van der Waals surface area contributed by atoms with Crippen LogP contribution in [-0.4, -0.2) is 22.4 Å². The molecule has 0 unspecified atom stereocenters. The van der Waals surface area contributed by atoms with E-state index < -0.39 is 0 Å². The first-order valence-corrected chi connectivity index (χ1v) is 8.60. The van der Waals surface area contributed by atoms with Crippen molar-refractivity contribution < 1.29 is 4.79 Å². The molecule has 0 saturated carbocycles. The summed E-state index contributed by atoms with van der Waals surface area (Å²) in [5, 5.41) is 6.06. The van der Waals surface area contributed by atoms with Crippen LogP contribution < -0.4 is 10.6 Å². The largest absolute Gasteiger partial charge is 0.354 e. The van der Waals surface area contributed by atoms with Crippen LogP contribution in [0.4, 0.5) is 11.6 Å². The average Bonchev–Trinajstić information content (AvgIpc) is 2.62. The Morgan fingerprint density at radius 2 is 1.73 bits per heavy atom. The number of nitrogens with zero attached hydrogens (tertiary/aromatic N) is 2. The number of rotatable bonds is 6. The molecule has 0 bridgehead atoms. The van der Waals surface area contributed by atoms with Gasteiger partial charge in [-0.25, -0.2) is 9.97 Å². The first kappa shape index (κ1) is 17.6. The Morgan fingerprint density at radius 1 is 1.00 bits per heavy atom. The third-order valence-corrected chi connectivity index (χ3v) is 3.91. The molecule has 0 atom stereocenters. The highest BCUT2D eigenvalue weighted by Gasteiger charge is 2.09. The monoisotopic (exact) mass is 346 g/mol. The SMILES string of the molecule is Cc1cc(C)cc(NC(=O)c2ccnc(NCCc3ccccc3)n2)c1.